The maximum absolute atomic E-state index is 15.1. The molecule has 3 aliphatic heterocycles. The number of hydrogen-bond donors (Lipinski definition) is 4. The molecule has 5 aliphatic rings. The summed E-state index contributed by atoms with van der Waals surface area (Å²) in [7, 11) is 0. The number of carbonyl (C=O) groups is 4. The number of anilines is 2. The van der Waals surface area contributed by atoms with E-state index < -0.39 is 16.8 Å². The lowest BCUT2D eigenvalue weighted by molar-refractivity contribution is -0.143. The van der Waals surface area contributed by atoms with Gasteiger partial charge in [-0.2, -0.15) is 10.2 Å². The van der Waals surface area contributed by atoms with Crippen molar-refractivity contribution in [3.05, 3.63) is 70.0 Å². The van der Waals surface area contributed by atoms with Gasteiger partial charge in [0.2, 0.25) is 17.7 Å². The minimum atomic E-state index is -0.932. The van der Waals surface area contributed by atoms with Crippen LogP contribution in [0.15, 0.2) is 36.7 Å². The Kier molecular flexibility index (Phi) is 11.1. The van der Waals surface area contributed by atoms with Gasteiger partial charge in [0.25, 0.3) is 0 Å². The molecular weight excluding hydrogens is 847 g/mol. The van der Waals surface area contributed by atoms with Gasteiger partial charge in [-0.05, 0) is 128 Å². The van der Waals surface area contributed by atoms with Crippen molar-refractivity contribution in [1.29, 1.82) is 0 Å². The summed E-state index contributed by atoms with van der Waals surface area (Å²) in [5.74, 6) is -0.715. The van der Waals surface area contributed by atoms with E-state index in [0.29, 0.717) is 58.4 Å². The van der Waals surface area contributed by atoms with E-state index >= 15 is 4.79 Å². The molecule has 2 aromatic carbocycles. The maximum atomic E-state index is 15.1. The molecule has 7 heterocycles. The lowest BCUT2D eigenvalue weighted by atomic mass is 9.74. The molecule has 6 aromatic rings. The monoisotopic (exact) mass is 907 g/mol. The highest BCUT2D eigenvalue weighted by molar-refractivity contribution is 6.14. The molecule has 0 radical (unpaired) electrons. The van der Waals surface area contributed by atoms with Crippen LogP contribution in [-0.4, -0.2) is 105 Å². The predicted octanol–water partition coefficient (Wildman–Crippen LogP) is 7.86. The number of aromatic nitrogens is 6. The number of benzene rings is 2. The fraction of sp³-hybridized carbons (Fsp3) is 0.500. The van der Waals surface area contributed by atoms with E-state index in [1.807, 2.05) is 12.4 Å². The highest BCUT2D eigenvalue weighted by Gasteiger charge is 2.52. The average molecular weight is 908 g/mol. The quantitative estimate of drug-likeness (QED) is 0.0629. The van der Waals surface area contributed by atoms with Crippen LogP contribution in [-0.2, 0) is 65.2 Å². The molecule has 15 nitrogen and oxygen atoms in total. The summed E-state index contributed by atoms with van der Waals surface area (Å²) in [5.41, 5.74) is 12.6. The summed E-state index contributed by atoms with van der Waals surface area (Å²) < 4.78 is 11.6. The van der Waals surface area contributed by atoms with Gasteiger partial charge < -0.3 is 34.1 Å². The number of nitrogens with zero attached hydrogens (tertiary/aromatic N) is 5. The molecule has 15 heteroatoms. The van der Waals surface area contributed by atoms with Crippen LogP contribution in [0, 0.1) is 0 Å². The van der Waals surface area contributed by atoms with Gasteiger partial charge in [0, 0.05) is 46.3 Å². The number of aromatic amines is 4. The number of ether oxygens (including phenoxy) is 2. The fourth-order valence-corrected chi connectivity index (χ4v) is 12.6. The lowest BCUT2D eigenvalue weighted by Crippen LogP contribution is -2.48. The average Bonchev–Trinajstić information content (AvgIpc) is 4.17. The zero-order valence-corrected chi connectivity index (χ0v) is 39.0. The topological polar surface area (TPSA) is 185 Å². The van der Waals surface area contributed by atoms with Gasteiger partial charge in [-0.25, -0.2) is 0 Å². The van der Waals surface area contributed by atoms with Crippen molar-refractivity contribution in [2.45, 2.75) is 121 Å². The lowest BCUT2D eigenvalue weighted by Gasteiger charge is -2.31. The second-order valence-electron chi connectivity index (χ2n) is 19.5. The molecule has 4 N–H and O–H groups in total. The number of aryl methyl sites for hydroxylation is 4. The number of nitrogens with one attached hydrogen (secondary N) is 4. The van der Waals surface area contributed by atoms with Crippen molar-refractivity contribution in [3.8, 4) is 22.8 Å². The van der Waals surface area contributed by atoms with Gasteiger partial charge in [0.05, 0.1) is 65.8 Å². The molecule has 1 unspecified atom stereocenters. The van der Waals surface area contributed by atoms with Crippen LogP contribution in [0.25, 0.3) is 44.6 Å². The van der Waals surface area contributed by atoms with Crippen molar-refractivity contribution in [1.82, 2.24) is 35.3 Å². The third kappa shape index (κ3) is 6.92. The minimum Gasteiger partial charge on any atom is -0.464 e. The van der Waals surface area contributed by atoms with Crippen LogP contribution >= 0.6 is 0 Å². The standard InChI is InChI=1S/C52H61N9O6/c1-4-14-51(15-5-2)37-25-39-36(34-13-8-11-32-28-54-58-46(32)48(34)55-39)24-42(37)61(49(51)64)30-44(63)67-20-9-17-52(16-6-3)38-26-40-35(33-12-7-10-31-27-53-57-45(31)47(33)56-40)23-41(38)60(50(52)65)29-43(62)59-18-21-66-22-19-59/h23-28,55-56H,4-22,29-30H2,1-3H3,(H,53,57)(H,54,58). The van der Waals surface area contributed by atoms with E-state index in [1.54, 1.807) is 14.7 Å². The van der Waals surface area contributed by atoms with Gasteiger partial charge in [0.1, 0.15) is 13.1 Å². The molecule has 0 spiro atoms. The van der Waals surface area contributed by atoms with E-state index in [0.717, 1.165) is 125 Å². The van der Waals surface area contributed by atoms with Gasteiger partial charge in [-0.1, -0.05) is 40.0 Å². The Morgan fingerprint density at radius 1 is 0.672 bits per heavy atom. The Balaban J connectivity index is 0.873. The Morgan fingerprint density at radius 2 is 1.18 bits per heavy atom. The van der Waals surface area contributed by atoms with Crippen molar-refractivity contribution in [2.75, 3.05) is 55.8 Å². The molecule has 4 aromatic heterocycles. The van der Waals surface area contributed by atoms with Crippen LogP contribution in [0.4, 0.5) is 11.4 Å². The Morgan fingerprint density at radius 3 is 1.70 bits per heavy atom. The number of esters is 1. The third-order valence-electron chi connectivity index (χ3n) is 15.6. The summed E-state index contributed by atoms with van der Waals surface area (Å²) in [4.78, 5) is 70.4. The number of fused-ring (bicyclic) bond motifs is 12. The highest BCUT2D eigenvalue weighted by atomic mass is 16.5. The zero-order chi connectivity index (χ0) is 46.0. The van der Waals surface area contributed by atoms with Crippen molar-refractivity contribution in [3.63, 3.8) is 0 Å². The van der Waals surface area contributed by atoms with Crippen LogP contribution in [0.5, 0.6) is 0 Å². The maximum Gasteiger partial charge on any atom is 0.326 e. The molecule has 1 saturated heterocycles. The first-order valence-electron chi connectivity index (χ1n) is 24.8. The predicted molar refractivity (Wildman–Crippen MR) is 256 cm³/mol. The second-order valence-corrected chi connectivity index (χ2v) is 19.5. The molecule has 3 amide bonds. The second kappa shape index (κ2) is 17.1. The molecule has 350 valence electrons. The Hall–Kier alpha value is -6.22. The van der Waals surface area contributed by atoms with Gasteiger partial charge in [-0.15, -0.1) is 0 Å². The number of H-pyrrole nitrogens is 4. The van der Waals surface area contributed by atoms with Crippen LogP contribution < -0.4 is 9.80 Å². The normalized spacial score (nSPS) is 19.5. The van der Waals surface area contributed by atoms with E-state index in [-0.39, 0.29) is 37.4 Å². The van der Waals surface area contributed by atoms with Crippen molar-refractivity contribution < 1.29 is 28.7 Å². The molecule has 11 rings (SSSR count). The minimum absolute atomic E-state index is 0.0452. The molecule has 0 saturated carbocycles. The van der Waals surface area contributed by atoms with Gasteiger partial charge >= 0.3 is 5.97 Å². The molecular formula is C52H61N9O6. The van der Waals surface area contributed by atoms with Crippen molar-refractivity contribution in [2.24, 2.45) is 0 Å². The molecule has 67 heavy (non-hydrogen) atoms. The number of hydrogen-bond acceptors (Lipinski definition) is 8. The summed E-state index contributed by atoms with van der Waals surface area (Å²) in [5, 5.41) is 17.3. The molecule has 1 atom stereocenters. The van der Waals surface area contributed by atoms with E-state index in [1.165, 1.54) is 22.3 Å². The SMILES string of the molecule is CCCC1(CCC)C(=O)N(CC(=O)OCCCC2(CCC)C(=O)N(CC(=O)N3CCOCC3)c3cc4c5c([nH]c4cc32)-c2[nH]ncc2CCC5)c2cc3c4c([nH]c3cc21)-c1[nH]ncc1CCC4. The fourth-order valence-electron chi connectivity index (χ4n) is 12.6. The summed E-state index contributed by atoms with van der Waals surface area (Å²) in [6.45, 7) is 8.08. The van der Waals surface area contributed by atoms with E-state index in [9.17, 15) is 14.4 Å². The van der Waals surface area contributed by atoms with Crippen LogP contribution in [0.2, 0.25) is 0 Å². The zero-order valence-electron chi connectivity index (χ0n) is 39.0. The van der Waals surface area contributed by atoms with E-state index in [4.69, 9.17) is 9.47 Å². The smallest absolute Gasteiger partial charge is 0.326 e. The van der Waals surface area contributed by atoms with Crippen LogP contribution in [0.3, 0.4) is 0 Å². The van der Waals surface area contributed by atoms with Crippen LogP contribution in [0.1, 0.15) is 118 Å². The molecule has 2 aliphatic carbocycles. The summed E-state index contributed by atoms with van der Waals surface area (Å²) in [6, 6.07) is 8.55. The largest absolute Gasteiger partial charge is 0.464 e. The summed E-state index contributed by atoms with van der Waals surface area (Å²) in [6.07, 6.45) is 14.6. The third-order valence-corrected chi connectivity index (χ3v) is 15.6. The van der Waals surface area contributed by atoms with E-state index in [2.05, 4.69) is 75.4 Å². The van der Waals surface area contributed by atoms with Gasteiger partial charge in [0.15, 0.2) is 0 Å². The number of amides is 3. The number of carbonyl (C=O) groups excluding carboxylic acids is 4. The first-order valence-corrected chi connectivity index (χ1v) is 24.8. The summed E-state index contributed by atoms with van der Waals surface area (Å²) >= 11 is 0. The Labute approximate surface area is 389 Å². The van der Waals surface area contributed by atoms with Crippen molar-refractivity contribution >= 4 is 56.9 Å². The van der Waals surface area contributed by atoms with Gasteiger partial charge in [-0.3, -0.25) is 29.4 Å². The first kappa shape index (κ1) is 43.4. The number of rotatable bonds is 14. The molecule has 1 fully saturated rings. The number of morpholine rings is 1. The molecule has 0 bridgehead atoms. The first-order chi connectivity index (χ1) is 32.7. The Bertz CT molecular complexity index is 2930. The highest BCUT2D eigenvalue weighted by Crippen LogP contribution is 2.52.